The Morgan fingerprint density at radius 2 is 1.63 bits per heavy atom. The van der Waals surface area contributed by atoms with E-state index >= 15 is 0 Å². The second-order valence-electron chi connectivity index (χ2n) is 7.49. The van der Waals surface area contributed by atoms with Gasteiger partial charge in [0.05, 0.1) is 0 Å². The number of benzene rings is 1. The fraction of sp³-hybridized carbons (Fsp3) is 0.476. The highest BCUT2D eigenvalue weighted by Crippen LogP contribution is 2.20. The number of hydrogen-bond acceptors (Lipinski definition) is 5. The van der Waals surface area contributed by atoms with E-state index in [1.165, 1.54) is 18.4 Å². The van der Waals surface area contributed by atoms with Crippen LogP contribution in [0.3, 0.4) is 0 Å². The molecule has 0 radical (unpaired) electrons. The third kappa shape index (κ3) is 3.75. The van der Waals surface area contributed by atoms with Gasteiger partial charge in [0.1, 0.15) is 5.82 Å². The maximum atomic E-state index is 12.8. The van der Waals surface area contributed by atoms with Crippen molar-refractivity contribution in [2.75, 3.05) is 49.1 Å². The average Bonchev–Trinajstić information content (AvgIpc) is 3.25. The average molecular weight is 365 g/mol. The maximum absolute atomic E-state index is 12.8. The number of carbonyl (C=O) groups excluding carboxylic acids is 1. The van der Waals surface area contributed by atoms with E-state index in [0.29, 0.717) is 0 Å². The van der Waals surface area contributed by atoms with E-state index in [0.717, 1.165) is 62.2 Å². The van der Waals surface area contributed by atoms with Crippen molar-refractivity contribution in [3.63, 3.8) is 0 Å². The van der Waals surface area contributed by atoms with Crippen molar-refractivity contribution in [1.29, 1.82) is 0 Å². The number of aryl methyl sites for hydroxylation is 2. The predicted octanol–water partition coefficient (Wildman–Crippen LogP) is 2.66. The highest BCUT2D eigenvalue weighted by molar-refractivity contribution is 5.94. The van der Waals surface area contributed by atoms with Crippen LogP contribution >= 0.6 is 0 Å². The minimum absolute atomic E-state index is 0.123. The summed E-state index contributed by atoms with van der Waals surface area (Å²) >= 11 is 0. The molecule has 2 fully saturated rings. The second kappa shape index (κ2) is 7.55. The summed E-state index contributed by atoms with van der Waals surface area (Å²) in [5, 5.41) is 0. The van der Waals surface area contributed by atoms with Crippen LogP contribution in [-0.2, 0) is 0 Å². The zero-order valence-corrected chi connectivity index (χ0v) is 16.2. The molecule has 6 nitrogen and oxygen atoms in total. The Hall–Kier alpha value is -2.63. The first kappa shape index (κ1) is 17.8. The molecule has 142 valence electrons. The van der Waals surface area contributed by atoms with Gasteiger partial charge in [-0.25, -0.2) is 4.98 Å². The number of aromatic nitrogens is 2. The molecule has 0 N–H and O–H groups in total. The van der Waals surface area contributed by atoms with Crippen LogP contribution in [-0.4, -0.2) is 60.0 Å². The monoisotopic (exact) mass is 365 g/mol. The van der Waals surface area contributed by atoms with Crippen LogP contribution in [0.15, 0.2) is 30.5 Å². The van der Waals surface area contributed by atoms with E-state index in [2.05, 4.69) is 28.6 Å². The summed E-state index contributed by atoms with van der Waals surface area (Å²) in [6.07, 6.45) is 4.28. The number of carbonyl (C=O) groups is 1. The second-order valence-corrected chi connectivity index (χ2v) is 7.49. The molecular weight excluding hydrogens is 338 g/mol. The number of amides is 1. The van der Waals surface area contributed by atoms with Gasteiger partial charge in [-0.3, -0.25) is 4.79 Å². The number of rotatable bonds is 3. The Morgan fingerprint density at radius 1 is 0.889 bits per heavy atom. The zero-order valence-electron chi connectivity index (χ0n) is 16.2. The molecule has 1 amide bonds. The lowest BCUT2D eigenvalue weighted by Crippen LogP contribution is -2.49. The number of hydrogen-bond donors (Lipinski definition) is 0. The minimum Gasteiger partial charge on any atom is -0.353 e. The smallest absolute Gasteiger partial charge is 0.253 e. The SMILES string of the molecule is Cc1ccc(C(=O)N2CCN(c3ccnc(N4CCCC4)n3)CC2)cc1C. The van der Waals surface area contributed by atoms with Crippen molar-refractivity contribution in [1.82, 2.24) is 14.9 Å². The minimum atomic E-state index is 0.123. The van der Waals surface area contributed by atoms with Crippen LogP contribution in [0.2, 0.25) is 0 Å². The third-order valence-corrected chi connectivity index (χ3v) is 5.66. The molecule has 0 saturated carbocycles. The first-order chi connectivity index (χ1) is 13.1. The third-order valence-electron chi connectivity index (χ3n) is 5.66. The topological polar surface area (TPSA) is 52.6 Å². The maximum Gasteiger partial charge on any atom is 0.253 e. The van der Waals surface area contributed by atoms with Gasteiger partial charge in [0.2, 0.25) is 5.95 Å². The van der Waals surface area contributed by atoms with E-state index in [-0.39, 0.29) is 5.91 Å². The summed E-state index contributed by atoms with van der Waals surface area (Å²) in [6, 6.07) is 7.93. The summed E-state index contributed by atoms with van der Waals surface area (Å²) in [4.78, 5) is 28.5. The van der Waals surface area contributed by atoms with Crippen molar-refractivity contribution in [3.8, 4) is 0 Å². The van der Waals surface area contributed by atoms with Gasteiger partial charge in [0, 0.05) is 51.0 Å². The highest BCUT2D eigenvalue weighted by atomic mass is 16.2. The molecule has 2 aromatic rings. The molecule has 2 aliphatic heterocycles. The molecule has 0 atom stereocenters. The molecule has 0 unspecified atom stereocenters. The Kier molecular flexibility index (Phi) is 4.97. The summed E-state index contributed by atoms with van der Waals surface area (Å²) in [6.45, 7) is 9.24. The van der Waals surface area contributed by atoms with Crippen molar-refractivity contribution in [3.05, 3.63) is 47.2 Å². The van der Waals surface area contributed by atoms with Gasteiger partial charge in [-0.15, -0.1) is 0 Å². The van der Waals surface area contributed by atoms with Crippen molar-refractivity contribution < 1.29 is 4.79 Å². The van der Waals surface area contributed by atoms with Gasteiger partial charge in [0.25, 0.3) is 5.91 Å². The van der Waals surface area contributed by atoms with Crippen LogP contribution in [0.4, 0.5) is 11.8 Å². The Labute approximate surface area is 160 Å². The molecule has 0 bridgehead atoms. The Bertz CT molecular complexity index is 823. The standard InChI is InChI=1S/C21H27N5O/c1-16-5-6-18(15-17(16)2)20(27)25-13-11-24(12-14-25)19-7-8-22-21(23-19)26-9-3-4-10-26/h5-8,15H,3-4,9-14H2,1-2H3. The number of anilines is 2. The van der Waals surface area contributed by atoms with Gasteiger partial charge in [0.15, 0.2) is 0 Å². The molecule has 3 heterocycles. The van der Waals surface area contributed by atoms with E-state index < -0.39 is 0 Å². The molecule has 0 spiro atoms. The predicted molar refractivity (Wildman–Crippen MR) is 108 cm³/mol. The molecule has 0 aliphatic carbocycles. The van der Waals surface area contributed by atoms with E-state index in [9.17, 15) is 4.79 Å². The first-order valence-electron chi connectivity index (χ1n) is 9.81. The van der Waals surface area contributed by atoms with Crippen LogP contribution in [0.25, 0.3) is 0 Å². The van der Waals surface area contributed by atoms with Gasteiger partial charge >= 0.3 is 0 Å². The molecule has 1 aromatic carbocycles. The summed E-state index contributed by atoms with van der Waals surface area (Å²) < 4.78 is 0. The molecule has 4 rings (SSSR count). The first-order valence-corrected chi connectivity index (χ1v) is 9.81. The number of piperazine rings is 1. The van der Waals surface area contributed by atoms with Gasteiger partial charge in [-0.1, -0.05) is 6.07 Å². The molecule has 2 aliphatic rings. The number of nitrogens with zero attached hydrogens (tertiary/aromatic N) is 5. The van der Waals surface area contributed by atoms with Gasteiger partial charge in [-0.2, -0.15) is 4.98 Å². The van der Waals surface area contributed by atoms with E-state index in [4.69, 9.17) is 4.98 Å². The van der Waals surface area contributed by atoms with Gasteiger partial charge < -0.3 is 14.7 Å². The molecule has 6 heteroatoms. The van der Waals surface area contributed by atoms with Crippen LogP contribution in [0, 0.1) is 13.8 Å². The van der Waals surface area contributed by atoms with E-state index in [1.807, 2.05) is 35.4 Å². The summed E-state index contributed by atoms with van der Waals surface area (Å²) in [5.41, 5.74) is 3.16. The van der Waals surface area contributed by atoms with Crippen LogP contribution in [0.1, 0.15) is 34.3 Å². The fourth-order valence-electron chi connectivity index (χ4n) is 3.78. The van der Waals surface area contributed by atoms with Crippen molar-refractivity contribution in [2.45, 2.75) is 26.7 Å². The quantitative estimate of drug-likeness (QED) is 0.837. The Morgan fingerprint density at radius 3 is 2.33 bits per heavy atom. The van der Waals surface area contributed by atoms with Crippen molar-refractivity contribution in [2.24, 2.45) is 0 Å². The lowest BCUT2D eigenvalue weighted by Gasteiger charge is -2.35. The highest BCUT2D eigenvalue weighted by Gasteiger charge is 2.24. The molecular formula is C21H27N5O. The normalized spacial score (nSPS) is 17.5. The fourth-order valence-corrected chi connectivity index (χ4v) is 3.78. The summed E-state index contributed by atoms with van der Waals surface area (Å²) in [7, 11) is 0. The molecule has 27 heavy (non-hydrogen) atoms. The van der Waals surface area contributed by atoms with E-state index in [1.54, 1.807) is 0 Å². The largest absolute Gasteiger partial charge is 0.353 e. The lowest BCUT2D eigenvalue weighted by molar-refractivity contribution is 0.0746. The van der Waals surface area contributed by atoms with Crippen LogP contribution < -0.4 is 9.80 Å². The van der Waals surface area contributed by atoms with Crippen molar-refractivity contribution >= 4 is 17.7 Å². The molecule has 1 aromatic heterocycles. The zero-order chi connectivity index (χ0) is 18.8. The summed E-state index contributed by atoms with van der Waals surface area (Å²) in [5.74, 6) is 1.92. The molecule has 2 saturated heterocycles. The van der Waals surface area contributed by atoms with Crippen LogP contribution in [0.5, 0.6) is 0 Å². The van der Waals surface area contributed by atoms with Gasteiger partial charge in [-0.05, 0) is 56.0 Å². The lowest BCUT2D eigenvalue weighted by atomic mass is 10.1. The Balaban J connectivity index is 1.40.